The van der Waals surface area contributed by atoms with Crippen molar-refractivity contribution in [3.8, 4) is 6.07 Å². The van der Waals surface area contributed by atoms with Crippen molar-refractivity contribution in [2.75, 3.05) is 11.9 Å². The second-order valence-corrected chi connectivity index (χ2v) is 5.44. The first-order valence-corrected chi connectivity index (χ1v) is 6.93. The number of carbonyl (C=O) groups is 1. The van der Waals surface area contributed by atoms with Gasteiger partial charge in [-0.15, -0.1) is 0 Å². The van der Waals surface area contributed by atoms with Crippen LogP contribution in [-0.2, 0) is 0 Å². The van der Waals surface area contributed by atoms with E-state index in [1.165, 1.54) is 4.90 Å². The lowest BCUT2D eigenvalue weighted by Gasteiger charge is -2.18. The molecule has 0 aliphatic carbocycles. The first-order valence-electron chi connectivity index (χ1n) is 5.76. The van der Waals surface area contributed by atoms with Crippen LogP contribution in [0.15, 0.2) is 46.9 Å². The number of hydrogen-bond acceptors (Lipinski definition) is 2. The van der Waals surface area contributed by atoms with Gasteiger partial charge in [0.1, 0.15) is 0 Å². The maximum absolute atomic E-state index is 12.4. The molecule has 0 saturated carbocycles. The van der Waals surface area contributed by atoms with Crippen LogP contribution in [0.1, 0.15) is 15.9 Å². The second kappa shape index (κ2) is 6.08. The fourth-order valence-corrected chi connectivity index (χ4v) is 2.57. The van der Waals surface area contributed by atoms with Crippen molar-refractivity contribution in [3.05, 3.63) is 63.1 Å². The smallest absolute Gasteiger partial charge is 0.259 e. The molecule has 0 fully saturated rings. The highest BCUT2D eigenvalue weighted by molar-refractivity contribution is 9.10. The van der Waals surface area contributed by atoms with Gasteiger partial charge in [-0.1, -0.05) is 11.6 Å². The maximum atomic E-state index is 12.4. The van der Waals surface area contributed by atoms with E-state index in [4.69, 9.17) is 16.9 Å². The number of nitrogens with zero attached hydrogens (tertiary/aromatic N) is 2. The van der Waals surface area contributed by atoms with E-state index in [1.807, 2.05) is 6.07 Å². The average Bonchev–Trinajstić information content (AvgIpc) is 2.46. The average molecular weight is 350 g/mol. The molecule has 0 radical (unpaired) electrons. The number of amides is 1. The van der Waals surface area contributed by atoms with Crippen molar-refractivity contribution < 1.29 is 4.79 Å². The van der Waals surface area contributed by atoms with E-state index in [2.05, 4.69) is 15.9 Å². The maximum Gasteiger partial charge on any atom is 0.259 e. The zero-order valence-electron chi connectivity index (χ0n) is 10.6. The van der Waals surface area contributed by atoms with Gasteiger partial charge in [0.05, 0.1) is 17.2 Å². The molecule has 0 spiro atoms. The van der Waals surface area contributed by atoms with Crippen LogP contribution in [-0.4, -0.2) is 13.0 Å². The summed E-state index contributed by atoms with van der Waals surface area (Å²) in [5.74, 6) is -0.154. The van der Waals surface area contributed by atoms with E-state index in [1.54, 1.807) is 49.5 Å². The van der Waals surface area contributed by atoms with Crippen molar-refractivity contribution in [2.24, 2.45) is 0 Å². The summed E-state index contributed by atoms with van der Waals surface area (Å²) in [6.07, 6.45) is 0. The fraction of sp³-hybridized carbons (Fsp3) is 0.0667. The minimum atomic E-state index is -0.154. The summed E-state index contributed by atoms with van der Waals surface area (Å²) >= 11 is 9.20. The normalized spacial score (nSPS) is 9.90. The molecule has 0 aliphatic rings. The topological polar surface area (TPSA) is 44.1 Å². The molecule has 20 heavy (non-hydrogen) atoms. The Morgan fingerprint density at radius 2 is 1.90 bits per heavy atom. The molecular weight excluding hydrogens is 340 g/mol. The van der Waals surface area contributed by atoms with Gasteiger partial charge in [-0.3, -0.25) is 4.79 Å². The Balaban J connectivity index is 2.30. The van der Waals surface area contributed by atoms with Gasteiger partial charge in [-0.25, -0.2) is 0 Å². The fourth-order valence-electron chi connectivity index (χ4n) is 1.72. The van der Waals surface area contributed by atoms with Gasteiger partial charge in [0, 0.05) is 22.2 Å². The molecule has 0 aliphatic heterocycles. The Bertz CT molecular complexity index is 692. The van der Waals surface area contributed by atoms with Crippen molar-refractivity contribution in [1.82, 2.24) is 0 Å². The Kier molecular flexibility index (Phi) is 4.43. The van der Waals surface area contributed by atoms with Crippen LogP contribution < -0.4 is 4.90 Å². The highest BCUT2D eigenvalue weighted by Gasteiger charge is 2.16. The summed E-state index contributed by atoms with van der Waals surface area (Å²) in [6, 6.07) is 13.9. The van der Waals surface area contributed by atoms with Crippen LogP contribution in [0.2, 0.25) is 5.02 Å². The number of anilines is 1. The molecule has 2 aromatic carbocycles. The number of halogens is 2. The molecule has 1 amide bonds. The van der Waals surface area contributed by atoms with Crippen molar-refractivity contribution >= 4 is 39.1 Å². The number of carbonyl (C=O) groups excluding carboxylic acids is 1. The zero-order chi connectivity index (χ0) is 14.7. The van der Waals surface area contributed by atoms with Crippen LogP contribution in [0, 0.1) is 11.3 Å². The highest BCUT2D eigenvalue weighted by atomic mass is 79.9. The predicted molar refractivity (Wildman–Crippen MR) is 83.0 cm³/mol. The molecule has 0 N–H and O–H groups in total. The summed E-state index contributed by atoms with van der Waals surface area (Å²) in [5, 5.41) is 9.33. The molecule has 5 heteroatoms. The Labute approximate surface area is 130 Å². The third kappa shape index (κ3) is 3.01. The molecule has 0 bridgehead atoms. The summed E-state index contributed by atoms with van der Waals surface area (Å²) in [5.41, 5.74) is 1.80. The summed E-state index contributed by atoms with van der Waals surface area (Å²) in [4.78, 5) is 13.9. The van der Waals surface area contributed by atoms with E-state index in [9.17, 15) is 4.79 Å². The number of nitriles is 1. The lowest BCUT2D eigenvalue weighted by molar-refractivity contribution is 0.0992. The lowest BCUT2D eigenvalue weighted by atomic mass is 10.1. The summed E-state index contributed by atoms with van der Waals surface area (Å²) < 4.78 is 0.649. The Morgan fingerprint density at radius 1 is 1.25 bits per heavy atom. The molecule has 3 nitrogen and oxygen atoms in total. The SMILES string of the molecule is CN(C(=O)c1ccc(Cl)cc1Br)c1ccc(C#N)cc1. The van der Waals surface area contributed by atoms with E-state index >= 15 is 0 Å². The van der Waals surface area contributed by atoms with Gasteiger partial charge >= 0.3 is 0 Å². The Hall–Kier alpha value is -1.83. The van der Waals surface area contributed by atoms with Crippen LogP contribution in [0.25, 0.3) is 0 Å². The van der Waals surface area contributed by atoms with Crippen molar-refractivity contribution in [3.63, 3.8) is 0 Å². The first-order chi connectivity index (χ1) is 9.52. The molecule has 2 aromatic rings. The predicted octanol–water partition coefficient (Wildman–Crippen LogP) is 4.25. The monoisotopic (exact) mass is 348 g/mol. The van der Waals surface area contributed by atoms with Gasteiger partial charge in [0.25, 0.3) is 5.91 Å². The quantitative estimate of drug-likeness (QED) is 0.813. The molecule has 0 heterocycles. The van der Waals surface area contributed by atoms with Gasteiger partial charge in [0.2, 0.25) is 0 Å². The molecule has 0 atom stereocenters. The van der Waals surface area contributed by atoms with Crippen LogP contribution >= 0.6 is 27.5 Å². The molecule has 2 rings (SSSR count). The van der Waals surface area contributed by atoms with E-state index < -0.39 is 0 Å². The molecule has 0 unspecified atom stereocenters. The summed E-state index contributed by atoms with van der Waals surface area (Å²) in [7, 11) is 1.69. The Morgan fingerprint density at radius 3 is 2.45 bits per heavy atom. The minimum Gasteiger partial charge on any atom is -0.311 e. The van der Waals surface area contributed by atoms with Gasteiger partial charge in [-0.2, -0.15) is 5.26 Å². The zero-order valence-corrected chi connectivity index (χ0v) is 12.9. The lowest BCUT2D eigenvalue weighted by Crippen LogP contribution is -2.26. The van der Waals surface area contributed by atoms with Crippen LogP contribution in [0.3, 0.4) is 0 Å². The number of hydrogen-bond donors (Lipinski definition) is 0. The van der Waals surface area contributed by atoms with Gasteiger partial charge < -0.3 is 4.90 Å². The van der Waals surface area contributed by atoms with Gasteiger partial charge in [-0.05, 0) is 58.4 Å². The number of rotatable bonds is 2. The van der Waals surface area contributed by atoms with Crippen molar-refractivity contribution in [2.45, 2.75) is 0 Å². The first kappa shape index (κ1) is 14.6. The van der Waals surface area contributed by atoms with E-state index in [0.29, 0.717) is 20.6 Å². The summed E-state index contributed by atoms with van der Waals surface area (Å²) in [6.45, 7) is 0. The molecule has 0 saturated heterocycles. The van der Waals surface area contributed by atoms with Crippen molar-refractivity contribution in [1.29, 1.82) is 5.26 Å². The minimum absolute atomic E-state index is 0.154. The van der Waals surface area contributed by atoms with Gasteiger partial charge in [0.15, 0.2) is 0 Å². The highest BCUT2D eigenvalue weighted by Crippen LogP contribution is 2.24. The standard InChI is InChI=1S/C15H10BrClN2O/c1-19(12-5-2-10(9-18)3-6-12)15(20)13-7-4-11(17)8-14(13)16/h2-8H,1H3. The third-order valence-electron chi connectivity index (χ3n) is 2.85. The van der Waals surface area contributed by atoms with Crippen LogP contribution in [0.4, 0.5) is 5.69 Å². The van der Waals surface area contributed by atoms with Crippen LogP contribution in [0.5, 0.6) is 0 Å². The van der Waals surface area contributed by atoms with E-state index in [-0.39, 0.29) is 5.91 Å². The number of benzene rings is 2. The third-order valence-corrected chi connectivity index (χ3v) is 3.74. The molecular formula is C15H10BrClN2O. The van der Waals surface area contributed by atoms with E-state index in [0.717, 1.165) is 5.69 Å². The molecule has 100 valence electrons. The molecule has 0 aromatic heterocycles. The second-order valence-electron chi connectivity index (χ2n) is 4.15. The largest absolute Gasteiger partial charge is 0.311 e.